The lowest BCUT2D eigenvalue weighted by Gasteiger charge is -2.11. The summed E-state index contributed by atoms with van der Waals surface area (Å²) in [7, 11) is 0. The maximum Gasteiger partial charge on any atom is 0.272 e. The molecule has 5 nitrogen and oxygen atoms in total. The lowest BCUT2D eigenvalue weighted by atomic mass is 10.2. The van der Waals surface area contributed by atoms with Crippen molar-refractivity contribution < 1.29 is 14.8 Å². The quantitative estimate of drug-likeness (QED) is 0.686. The van der Waals surface area contributed by atoms with Crippen LogP contribution in [0.2, 0.25) is 5.02 Å². The summed E-state index contributed by atoms with van der Waals surface area (Å²) >= 11 is 6.04. The highest BCUT2D eigenvalue weighted by Gasteiger charge is 2.13. The van der Waals surface area contributed by atoms with E-state index < -0.39 is 4.92 Å². The van der Waals surface area contributed by atoms with E-state index in [2.05, 4.69) is 0 Å². The van der Waals surface area contributed by atoms with Gasteiger partial charge in [0.25, 0.3) is 5.69 Å². The minimum absolute atomic E-state index is 0.0268. The Labute approximate surface area is 120 Å². The molecule has 104 valence electrons. The first-order valence-electron chi connectivity index (χ1n) is 5.84. The zero-order valence-corrected chi connectivity index (χ0v) is 11.4. The summed E-state index contributed by atoms with van der Waals surface area (Å²) in [5.74, 6) is 0.779. The summed E-state index contributed by atoms with van der Waals surface area (Å²) in [6, 6.07) is 9.48. The van der Waals surface area contributed by atoms with E-state index >= 15 is 0 Å². The molecule has 1 N–H and O–H groups in total. The highest BCUT2D eigenvalue weighted by molar-refractivity contribution is 6.32. The maximum absolute atomic E-state index is 10.8. The predicted octanol–water partition coefficient (Wildman–Crippen LogP) is 3.84. The van der Waals surface area contributed by atoms with Gasteiger partial charge in [0, 0.05) is 17.2 Å². The van der Waals surface area contributed by atoms with Crippen molar-refractivity contribution in [3.63, 3.8) is 0 Å². The average Bonchev–Trinajstić information content (AvgIpc) is 2.40. The van der Waals surface area contributed by atoms with Gasteiger partial charge < -0.3 is 9.84 Å². The molecule has 0 atom stereocenters. The number of nitrogens with zero attached hydrogens (tertiary/aromatic N) is 1. The number of aliphatic hydroxyl groups is 1. The number of aliphatic hydroxyl groups excluding tert-OH is 1. The molecule has 0 saturated carbocycles. The van der Waals surface area contributed by atoms with E-state index in [4.69, 9.17) is 16.3 Å². The fourth-order valence-electron chi connectivity index (χ4n) is 1.81. The molecule has 2 aromatic rings. The smallest absolute Gasteiger partial charge is 0.272 e. The number of nitro groups is 1. The Morgan fingerprint density at radius 1 is 1.35 bits per heavy atom. The van der Waals surface area contributed by atoms with Gasteiger partial charge in [0.1, 0.15) is 5.75 Å². The normalized spacial score (nSPS) is 10.3. The summed E-state index contributed by atoms with van der Waals surface area (Å²) in [4.78, 5) is 10.3. The first kappa shape index (κ1) is 14.3. The molecular formula is C14H12ClNO4. The molecule has 0 saturated heterocycles. The molecule has 0 aliphatic heterocycles. The Morgan fingerprint density at radius 3 is 2.70 bits per heavy atom. The number of aryl methyl sites for hydroxylation is 1. The molecule has 0 aliphatic rings. The Balaban J connectivity index is 2.36. The standard InChI is InChI=1S/C14H12ClNO4/c1-9-7-11(5-6-13(9)16(18)19)20-14-10(8-17)3-2-4-12(14)15/h2-7,17H,8H2,1H3. The van der Waals surface area contributed by atoms with Crippen molar-refractivity contribution in [2.75, 3.05) is 0 Å². The second kappa shape index (κ2) is 5.90. The van der Waals surface area contributed by atoms with Crippen LogP contribution >= 0.6 is 11.6 Å². The van der Waals surface area contributed by atoms with Crippen LogP contribution in [-0.2, 0) is 6.61 Å². The third-order valence-corrected chi connectivity index (χ3v) is 3.10. The van der Waals surface area contributed by atoms with Gasteiger partial charge in [0.2, 0.25) is 0 Å². The van der Waals surface area contributed by atoms with E-state index in [1.807, 2.05) is 0 Å². The molecular weight excluding hydrogens is 282 g/mol. The van der Waals surface area contributed by atoms with Crippen LogP contribution in [0.3, 0.4) is 0 Å². The number of para-hydroxylation sites is 1. The Bertz CT molecular complexity index is 658. The Kier molecular flexibility index (Phi) is 4.22. The van der Waals surface area contributed by atoms with Crippen molar-refractivity contribution in [1.29, 1.82) is 0 Å². The lowest BCUT2D eigenvalue weighted by molar-refractivity contribution is -0.385. The molecule has 0 fully saturated rings. The van der Waals surface area contributed by atoms with E-state index in [1.54, 1.807) is 31.2 Å². The van der Waals surface area contributed by atoms with Crippen molar-refractivity contribution in [2.45, 2.75) is 13.5 Å². The Hall–Kier alpha value is -2.11. The van der Waals surface area contributed by atoms with E-state index in [-0.39, 0.29) is 12.3 Å². The molecule has 0 heterocycles. The van der Waals surface area contributed by atoms with Gasteiger partial charge in [-0.25, -0.2) is 0 Å². The number of halogens is 1. The van der Waals surface area contributed by atoms with Crippen molar-refractivity contribution >= 4 is 17.3 Å². The summed E-state index contributed by atoms with van der Waals surface area (Å²) in [5.41, 5.74) is 1.07. The van der Waals surface area contributed by atoms with Gasteiger partial charge in [0.15, 0.2) is 5.75 Å². The number of ether oxygens (including phenoxy) is 1. The number of rotatable bonds is 4. The third kappa shape index (κ3) is 2.89. The monoisotopic (exact) mass is 293 g/mol. The molecule has 6 heteroatoms. The Morgan fingerprint density at radius 2 is 2.10 bits per heavy atom. The number of hydrogen-bond donors (Lipinski definition) is 1. The molecule has 20 heavy (non-hydrogen) atoms. The fourth-order valence-corrected chi connectivity index (χ4v) is 2.04. The van der Waals surface area contributed by atoms with Gasteiger partial charge in [-0.05, 0) is 25.1 Å². The van der Waals surface area contributed by atoms with E-state index in [0.29, 0.717) is 27.6 Å². The average molecular weight is 294 g/mol. The van der Waals surface area contributed by atoms with Crippen LogP contribution in [0, 0.1) is 17.0 Å². The topological polar surface area (TPSA) is 72.6 Å². The minimum atomic E-state index is -0.451. The highest BCUT2D eigenvalue weighted by Crippen LogP contribution is 2.34. The number of nitro benzene ring substituents is 1. The zero-order valence-electron chi connectivity index (χ0n) is 10.7. The molecule has 0 amide bonds. The highest BCUT2D eigenvalue weighted by atomic mass is 35.5. The van der Waals surface area contributed by atoms with Crippen LogP contribution in [0.4, 0.5) is 5.69 Å². The van der Waals surface area contributed by atoms with Gasteiger partial charge in [-0.2, -0.15) is 0 Å². The molecule has 0 spiro atoms. The molecule has 2 rings (SSSR count). The van der Waals surface area contributed by atoms with Crippen LogP contribution < -0.4 is 4.74 Å². The molecule has 0 unspecified atom stereocenters. The van der Waals surface area contributed by atoms with Crippen LogP contribution in [-0.4, -0.2) is 10.0 Å². The second-order valence-electron chi connectivity index (χ2n) is 4.19. The fraction of sp³-hybridized carbons (Fsp3) is 0.143. The predicted molar refractivity (Wildman–Crippen MR) is 75.3 cm³/mol. The number of benzene rings is 2. The summed E-state index contributed by atoms with van der Waals surface area (Å²) in [6.07, 6.45) is 0. The minimum Gasteiger partial charge on any atom is -0.455 e. The first-order valence-corrected chi connectivity index (χ1v) is 6.22. The van der Waals surface area contributed by atoms with Crippen molar-refractivity contribution in [2.24, 2.45) is 0 Å². The first-order chi connectivity index (χ1) is 9.52. The summed E-state index contributed by atoms with van der Waals surface area (Å²) in [6.45, 7) is 1.42. The summed E-state index contributed by atoms with van der Waals surface area (Å²) < 4.78 is 5.63. The molecule has 2 aromatic carbocycles. The SMILES string of the molecule is Cc1cc(Oc2c(Cl)cccc2CO)ccc1[N+](=O)[O-]. The zero-order chi connectivity index (χ0) is 14.7. The second-order valence-corrected chi connectivity index (χ2v) is 4.60. The van der Waals surface area contributed by atoms with Gasteiger partial charge in [-0.1, -0.05) is 23.7 Å². The number of hydrogen-bond acceptors (Lipinski definition) is 4. The van der Waals surface area contributed by atoms with Crippen molar-refractivity contribution in [3.8, 4) is 11.5 Å². The molecule has 0 aliphatic carbocycles. The van der Waals surface area contributed by atoms with Crippen LogP contribution in [0.5, 0.6) is 11.5 Å². The molecule has 0 radical (unpaired) electrons. The maximum atomic E-state index is 10.8. The van der Waals surface area contributed by atoms with Crippen LogP contribution in [0.15, 0.2) is 36.4 Å². The molecule has 0 aromatic heterocycles. The summed E-state index contributed by atoms with van der Waals surface area (Å²) in [5, 5.41) is 20.4. The van der Waals surface area contributed by atoms with E-state index in [0.717, 1.165) is 0 Å². The van der Waals surface area contributed by atoms with Crippen molar-refractivity contribution in [1.82, 2.24) is 0 Å². The van der Waals surface area contributed by atoms with Crippen LogP contribution in [0.25, 0.3) is 0 Å². The third-order valence-electron chi connectivity index (χ3n) is 2.80. The van der Waals surface area contributed by atoms with E-state index in [9.17, 15) is 15.2 Å². The van der Waals surface area contributed by atoms with E-state index in [1.165, 1.54) is 12.1 Å². The largest absolute Gasteiger partial charge is 0.455 e. The van der Waals surface area contributed by atoms with Gasteiger partial charge in [-0.3, -0.25) is 10.1 Å². The lowest BCUT2D eigenvalue weighted by Crippen LogP contribution is -1.95. The van der Waals surface area contributed by atoms with Crippen LogP contribution in [0.1, 0.15) is 11.1 Å². The van der Waals surface area contributed by atoms with Gasteiger partial charge in [-0.15, -0.1) is 0 Å². The molecule has 0 bridgehead atoms. The van der Waals surface area contributed by atoms with Gasteiger partial charge in [0.05, 0.1) is 16.6 Å². The van der Waals surface area contributed by atoms with Gasteiger partial charge >= 0.3 is 0 Å². The van der Waals surface area contributed by atoms with Crippen molar-refractivity contribution in [3.05, 3.63) is 62.7 Å².